The fourth-order valence-electron chi connectivity index (χ4n) is 1.92. The number of hydrogen-bond acceptors (Lipinski definition) is 4. The van der Waals surface area contributed by atoms with E-state index < -0.39 is 46.5 Å². The summed E-state index contributed by atoms with van der Waals surface area (Å²) in [5.41, 5.74) is -1.92. The summed E-state index contributed by atoms with van der Waals surface area (Å²) in [7, 11) is 0. The molecule has 0 unspecified atom stereocenters. The molecule has 2 aromatic carbocycles. The zero-order valence-corrected chi connectivity index (χ0v) is 14.5. The third-order valence-corrected chi connectivity index (χ3v) is 3.68. The predicted octanol–water partition coefficient (Wildman–Crippen LogP) is 5.48. The molecule has 0 bridgehead atoms. The number of thioether (sulfide) groups is 1. The Kier molecular flexibility index (Phi) is 6.40. The van der Waals surface area contributed by atoms with E-state index in [2.05, 4.69) is 15.0 Å². The third-order valence-electron chi connectivity index (χ3n) is 3.10. The van der Waals surface area contributed by atoms with Crippen molar-refractivity contribution in [3.63, 3.8) is 0 Å². The Balaban J connectivity index is 2.42. The largest absolute Gasteiger partial charge is 0.445 e. The molecule has 0 aliphatic carbocycles. The molecule has 0 amide bonds. The van der Waals surface area contributed by atoms with E-state index in [1.54, 1.807) is 6.19 Å². The van der Waals surface area contributed by atoms with Crippen molar-refractivity contribution in [1.82, 2.24) is 5.32 Å². The van der Waals surface area contributed by atoms with Crippen LogP contribution < -0.4 is 10.1 Å². The van der Waals surface area contributed by atoms with Gasteiger partial charge in [0.25, 0.3) is 0 Å². The Bertz CT molecular complexity index is 924. The van der Waals surface area contributed by atoms with Gasteiger partial charge in [0.05, 0.1) is 11.3 Å². The fourth-order valence-corrected chi connectivity index (χ4v) is 2.27. The number of amidine groups is 1. The van der Waals surface area contributed by atoms with Crippen LogP contribution in [-0.2, 0) is 6.18 Å². The molecule has 148 valence electrons. The van der Waals surface area contributed by atoms with Crippen LogP contribution in [0.4, 0.5) is 36.4 Å². The van der Waals surface area contributed by atoms with Gasteiger partial charge in [-0.1, -0.05) is 11.8 Å². The quantitative estimate of drug-likeness (QED) is 0.234. The third kappa shape index (κ3) is 4.86. The molecule has 0 spiro atoms. The van der Waals surface area contributed by atoms with Gasteiger partial charge >= 0.3 is 6.18 Å². The number of ether oxygens (including phenoxy) is 1. The summed E-state index contributed by atoms with van der Waals surface area (Å²) in [4.78, 5) is 3.75. The first-order chi connectivity index (χ1) is 13.1. The molecule has 0 aliphatic heterocycles. The highest BCUT2D eigenvalue weighted by atomic mass is 32.2. The maximum absolute atomic E-state index is 14.1. The Morgan fingerprint density at radius 2 is 1.46 bits per heavy atom. The standard InChI is InChI=1S/C16H8F7N3OS/c1-28-15(25-6-24)26-8-4-11(19)14(12(20)5-8)27-13-9(17)2-7(3-10(13)18)16(21,22)23/h2-5H,1H3,(H,25,26). The number of hydrogen-bond donors (Lipinski definition) is 1. The number of alkyl halides is 3. The molecule has 12 heteroatoms. The number of halogens is 7. The van der Waals surface area contributed by atoms with Crippen LogP contribution in [0.5, 0.6) is 11.5 Å². The van der Waals surface area contributed by atoms with Crippen LogP contribution in [0, 0.1) is 34.7 Å². The molecule has 2 aromatic rings. The van der Waals surface area contributed by atoms with Gasteiger partial charge in [-0.25, -0.2) is 22.6 Å². The minimum absolute atomic E-state index is 0.00907. The monoisotopic (exact) mass is 423 g/mol. The minimum Gasteiger partial charge on any atom is -0.445 e. The van der Waals surface area contributed by atoms with Gasteiger partial charge in [-0.05, 0) is 18.4 Å². The second-order valence-corrected chi connectivity index (χ2v) is 5.76. The van der Waals surface area contributed by atoms with Crippen molar-refractivity contribution in [2.24, 2.45) is 4.99 Å². The SMILES string of the molecule is CSC(=Nc1cc(F)c(Oc2c(F)cc(C(F)(F)F)cc2F)c(F)c1)NC#N. The van der Waals surface area contributed by atoms with E-state index in [4.69, 9.17) is 5.26 Å². The molecule has 2 rings (SSSR count). The lowest BCUT2D eigenvalue weighted by Crippen LogP contribution is -2.12. The normalized spacial score (nSPS) is 11.9. The maximum Gasteiger partial charge on any atom is 0.416 e. The van der Waals surface area contributed by atoms with Gasteiger partial charge in [-0.15, -0.1) is 0 Å². The van der Waals surface area contributed by atoms with E-state index in [0.717, 1.165) is 11.8 Å². The lowest BCUT2D eigenvalue weighted by Gasteiger charge is -2.13. The first-order valence-electron chi connectivity index (χ1n) is 7.07. The van der Waals surface area contributed by atoms with E-state index in [1.807, 2.05) is 0 Å². The van der Waals surface area contributed by atoms with Crippen molar-refractivity contribution >= 4 is 22.6 Å². The van der Waals surface area contributed by atoms with Crippen LogP contribution >= 0.6 is 11.8 Å². The van der Waals surface area contributed by atoms with Gasteiger partial charge < -0.3 is 4.74 Å². The fraction of sp³-hybridized carbons (Fsp3) is 0.125. The topological polar surface area (TPSA) is 57.4 Å². The summed E-state index contributed by atoms with van der Waals surface area (Å²) in [6, 6.07) is 1.16. The molecule has 1 N–H and O–H groups in total. The summed E-state index contributed by atoms with van der Waals surface area (Å²) in [6.45, 7) is 0. The number of benzene rings is 2. The average Bonchev–Trinajstić information content (AvgIpc) is 2.58. The second kappa shape index (κ2) is 8.39. The number of aliphatic imine (C=N–C) groups is 1. The predicted molar refractivity (Wildman–Crippen MR) is 87.2 cm³/mol. The van der Waals surface area contributed by atoms with Crippen molar-refractivity contribution in [3.05, 3.63) is 53.1 Å². The van der Waals surface area contributed by atoms with Crippen molar-refractivity contribution < 1.29 is 35.5 Å². The molecule has 28 heavy (non-hydrogen) atoms. The highest BCUT2D eigenvalue weighted by Crippen LogP contribution is 2.37. The number of nitriles is 1. The van der Waals surface area contributed by atoms with E-state index in [1.165, 1.54) is 6.26 Å². The van der Waals surface area contributed by atoms with Crippen LogP contribution in [0.25, 0.3) is 0 Å². The zero-order valence-electron chi connectivity index (χ0n) is 13.7. The Labute approximate surface area is 157 Å². The Hall–Kier alpha value is -2.94. The van der Waals surface area contributed by atoms with E-state index in [-0.39, 0.29) is 23.0 Å². The Morgan fingerprint density at radius 1 is 1.00 bits per heavy atom. The minimum atomic E-state index is -5.02. The summed E-state index contributed by atoms with van der Waals surface area (Å²) in [6.07, 6.45) is -1.93. The van der Waals surface area contributed by atoms with Gasteiger partial charge in [0.1, 0.15) is 0 Å². The lowest BCUT2D eigenvalue weighted by molar-refractivity contribution is -0.138. The molecule has 0 aliphatic rings. The molecule has 0 saturated heterocycles. The van der Waals surface area contributed by atoms with Gasteiger partial charge in [-0.2, -0.15) is 18.4 Å². The number of rotatable bonds is 3. The van der Waals surface area contributed by atoms with Gasteiger partial charge in [-0.3, -0.25) is 5.32 Å². The second-order valence-electron chi connectivity index (χ2n) is 4.97. The van der Waals surface area contributed by atoms with Crippen molar-refractivity contribution in [1.29, 1.82) is 5.26 Å². The number of nitrogens with one attached hydrogen (secondary N) is 1. The van der Waals surface area contributed by atoms with Crippen molar-refractivity contribution in [2.75, 3.05) is 6.26 Å². The maximum atomic E-state index is 14.1. The molecular formula is C16H8F7N3OS. The average molecular weight is 423 g/mol. The molecule has 4 nitrogen and oxygen atoms in total. The van der Waals surface area contributed by atoms with Crippen LogP contribution in [-0.4, -0.2) is 11.4 Å². The van der Waals surface area contributed by atoms with Gasteiger partial charge in [0.15, 0.2) is 46.1 Å². The molecule has 0 heterocycles. The molecule has 0 fully saturated rings. The number of nitrogens with zero attached hydrogens (tertiary/aromatic N) is 2. The van der Waals surface area contributed by atoms with Crippen LogP contribution in [0.1, 0.15) is 5.56 Å². The summed E-state index contributed by atoms with van der Waals surface area (Å²) in [5, 5.41) is 10.7. The highest BCUT2D eigenvalue weighted by molar-refractivity contribution is 8.13. The van der Waals surface area contributed by atoms with Crippen LogP contribution in [0.3, 0.4) is 0 Å². The summed E-state index contributed by atoms with van der Waals surface area (Å²) < 4.78 is 97.9. The van der Waals surface area contributed by atoms with Crippen LogP contribution in [0.2, 0.25) is 0 Å². The summed E-state index contributed by atoms with van der Waals surface area (Å²) in [5.74, 6) is -9.08. The first-order valence-corrected chi connectivity index (χ1v) is 8.30. The highest BCUT2D eigenvalue weighted by Gasteiger charge is 2.33. The molecule has 0 aromatic heterocycles. The van der Waals surface area contributed by atoms with E-state index in [0.29, 0.717) is 12.1 Å². The lowest BCUT2D eigenvalue weighted by atomic mass is 10.2. The van der Waals surface area contributed by atoms with Gasteiger partial charge in [0, 0.05) is 12.1 Å². The summed E-state index contributed by atoms with van der Waals surface area (Å²) >= 11 is 0.964. The molecular weight excluding hydrogens is 415 g/mol. The Morgan fingerprint density at radius 3 is 1.86 bits per heavy atom. The van der Waals surface area contributed by atoms with Crippen LogP contribution in [0.15, 0.2) is 29.3 Å². The smallest absolute Gasteiger partial charge is 0.416 e. The zero-order chi connectivity index (χ0) is 21.1. The molecule has 0 radical (unpaired) electrons. The van der Waals surface area contributed by atoms with Crippen molar-refractivity contribution in [2.45, 2.75) is 6.18 Å². The van der Waals surface area contributed by atoms with E-state index in [9.17, 15) is 30.7 Å². The molecule has 0 saturated carbocycles. The first kappa shape index (κ1) is 21.4. The molecule has 0 atom stereocenters. The van der Waals surface area contributed by atoms with E-state index >= 15 is 0 Å². The van der Waals surface area contributed by atoms with Gasteiger partial charge in [0.2, 0.25) is 0 Å². The van der Waals surface area contributed by atoms with Crippen molar-refractivity contribution in [3.8, 4) is 17.7 Å².